The highest BCUT2D eigenvalue weighted by Crippen LogP contribution is 2.34. The van der Waals surface area contributed by atoms with Gasteiger partial charge in [0.05, 0.1) is 24.4 Å². The van der Waals surface area contributed by atoms with E-state index in [2.05, 4.69) is 20.9 Å². The fourth-order valence-corrected chi connectivity index (χ4v) is 3.59. The maximum absolute atomic E-state index is 13.2. The van der Waals surface area contributed by atoms with Crippen molar-refractivity contribution in [2.75, 3.05) is 7.11 Å². The van der Waals surface area contributed by atoms with Crippen LogP contribution >= 0.6 is 15.9 Å². The number of hydrogen-bond donors (Lipinski definition) is 0. The molecule has 0 N–H and O–H groups in total. The summed E-state index contributed by atoms with van der Waals surface area (Å²) in [5, 5.41) is 6.29. The number of amides is 1. The predicted octanol–water partition coefficient (Wildman–Crippen LogP) is 5.15. The van der Waals surface area contributed by atoms with Crippen LogP contribution in [0.4, 0.5) is 0 Å². The maximum Gasteiger partial charge on any atom is 0.276 e. The van der Waals surface area contributed by atoms with Gasteiger partial charge in [0, 0.05) is 22.8 Å². The van der Waals surface area contributed by atoms with Gasteiger partial charge in [0.1, 0.15) is 5.75 Å². The summed E-state index contributed by atoms with van der Waals surface area (Å²) in [7, 11) is 1.64. The molecule has 1 amide bonds. The van der Waals surface area contributed by atoms with Crippen LogP contribution in [0, 0.1) is 6.92 Å². The summed E-state index contributed by atoms with van der Waals surface area (Å²) in [4.78, 5) is 17.5. The molecular formula is C23H20BrN3O2. The number of carbonyl (C=O) groups excluding carboxylic acids is 1. The van der Waals surface area contributed by atoms with Gasteiger partial charge in [-0.1, -0.05) is 28.1 Å². The number of aromatic nitrogens is 1. The highest BCUT2D eigenvalue weighted by molar-refractivity contribution is 9.10. The van der Waals surface area contributed by atoms with Gasteiger partial charge in [-0.05, 0) is 66.6 Å². The van der Waals surface area contributed by atoms with E-state index in [-0.39, 0.29) is 11.9 Å². The molecule has 2 heterocycles. The van der Waals surface area contributed by atoms with Crippen LogP contribution in [0.25, 0.3) is 0 Å². The number of ether oxygens (including phenoxy) is 1. The molecule has 0 aliphatic carbocycles. The summed E-state index contributed by atoms with van der Waals surface area (Å²) in [5.41, 5.74) is 4.28. The molecule has 0 spiro atoms. The van der Waals surface area contributed by atoms with E-state index in [1.54, 1.807) is 24.4 Å². The summed E-state index contributed by atoms with van der Waals surface area (Å²) >= 11 is 3.47. The fraction of sp³-hybridized carbons (Fsp3) is 0.174. The zero-order chi connectivity index (χ0) is 20.4. The smallest absolute Gasteiger partial charge is 0.276 e. The molecular weight excluding hydrogens is 430 g/mol. The Labute approximate surface area is 178 Å². The average Bonchev–Trinajstić information content (AvgIpc) is 3.20. The van der Waals surface area contributed by atoms with Crippen LogP contribution in [0.15, 0.2) is 76.4 Å². The summed E-state index contributed by atoms with van der Waals surface area (Å²) in [6.45, 7) is 1.90. The van der Waals surface area contributed by atoms with Crippen molar-refractivity contribution < 1.29 is 9.53 Å². The monoisotopic (exact) mass is 449 g/mol. The molecule has 4 rings (SSSR count). The average molecular weight is 450 g/mol. The molecule has 146 valence electrons. The Kier molecular flexibility index (Phi) is 5.45. The second-order valence-corrected chi connectivity index (χ2v) is 7.80. The Morgan fingerprint density at radius 2 is 1.79 bits per heavy atom. The fourth-order valence-electron chi connectivity index (χ4n) is 3.33. The van der Waals surface area contributed by atoms with Crippen LogP contribution in [0.5, 0.6) is 5.75 Å². The van der Waals surface area contributed by atoms with Crippen LogP contribution in [-0.4, -0.2) is 28.7 Å². The third-order valence-corrected chi connectivity index (χ3v) is 5.48. The molecule has 0 saturated carbocycles. The Morgan fingerprint density at radius 3 is 2.41 bits per heavy atom. The topological polar surface area (TPSA) is 54.8 Å². The van der Waals surface area contributed by atoms with E-state index in [4.69, 9.17) is 9.84 Å². The second kappa shape index (κ2) is 8.17. The number of methoxy groups -OCH3 is 1. The van der Waals surface area contributed by atoms with Gasteiger partial charge in [-0.2, -0.15) is 5.10 Å². The van der Waals surface area contributed by atoms with Crippen molar-refractivity contribution in [2.45, 2.75) is 19.4 Å². The first-order valence-electron chi connectivity index (χ1n) is 9.29. The van der Waals surface area contributed by atoms with Crippen molar-refractivity contribution in [3.8, 4) is 5.75 Å². The number of pyridine rings is 1. The molecule has 1 aliphatic rings. The van der Waals surface area contributed by atoms with E-state index in [1.807, 2.05) is 61.5 Å². The molecule has 2 aromatic carbocycles. The zero-order valence-electron chi connectivity index (χ0n) is 16.2. The van der Waals surface area contributed by atoms with E-state index in [0.717, 1.165) is 32.8 Å². The number of nitrogens with zero attached hydrogens (tertiary/aromatic N) is 3. The molecule has 5 nitrogen and oxygen atoms in total. The number of rotatable bonds is 4. The van der Waals surface area contributed by atoms with E-state index in [1.165, 1.54) is 0 Å². The minimum absolute atomic E-state index is 0.158. The molecule has 1 unspecified atom stereocenters. The summed E-state index contributed by atoms with van der Waals surface area (Å²) in [5.74, 6) is 0.629. The number of benzene rings is 2. The van der Waals surface area contributed by atoms with Crippen LogP contribution in [-0.2, 0) is 0 Å². The van der Waals surface area contributed by atoms with Crippen LogP contribution in [0.1, 0.15) is 39.6 Å². The van der Waals surface area contributed by atoms with Gasteiger partial charge in [0.2, 0.25) is 0 Å². The van der Waals surface area contributed by atoms with Crippen molar-refractivity contribution in [1.82, 2.24) is 9.99 Å². The third-order valence-electron chi connectivity index (χ3n) is 4.95. The third kappa shape index (κ3) is 4.07. The van der Waals surface area contributed by atoms with Gasteiger partial charge < -0.3 is 4.74 Å². The van der Waals surface area contributed by atoms with Crippen LogP contribution in [0.3, 0.4) is 0 Å². The van der Waals surface area contributed by atoms with Crippen LogP contribution in [0.2, 0.25) is 0 Å². The highest BCUT2D eigenvalue weighted by atomic mass is 79.9. The first kappa shape index (κ1) is 19.3. The van der Waals surface area contributed by atoms with E-state index in [0.29, 0.717) is 12.0 Å². The summed E-state index contributed by atoms with van der Waals surface area (Å²) in [6, 6.07) is 19.2. The predicted molar refractivity (Wildman–Crippen MR) is 116 cm³/mol. The Balaban J connectivity index is 1.70. The SMILES string of the molecule is COc1ccc(C2=NN(C(=O)c3ccc(C)nc3)C(c3ccc(Br)cc3)C2)cc1. The largest absolute Gasteiger partial charge is 0.497 e. The molecule has 1 aromatic heterocycles. The minimum Gasteiger partial charge on any atom is -0.497 e. The molecule has 6 heteroatoms. The van der Waals surface area contributed by atoms with Gasteiger partial charge >= 0.3 is 0 Å². The van der Waals surface area contributed by atoms with Gasteiger partial charge in [-0.15, -0.1) is 0 Å². The van der Waals surface area contributed by atoms with Crippen molar-refractivity contribution >= 4 is 27.5 Å². The van der Waals surface area contributed by atoms with Gasteiger partial charge in [-0.3, -0.25) is 9.78 Å². The number of hydrazone groups is 1. The van der Waals surface area contributed by atoms with Crippen molar-refractivity contribution in [2.24, 2.45) is 5.10 Å². The zero-order valence-corrected chi connectivity index (χ0v) is 17.8. The van der Waals surface area contributed by atoms with Crippen molar-refractivity contribution in [3.63, 3.8) is 0 Å². The molecule has 0 bridgehead atoms. The molecule has 0 saturated heterocycles. The van der Waals surface area contributed by atoms with E-state index in [9.17, 15) is 4.79 Å². The second-order valence-electron chi connectivity index (χ2n) is 6.88. The molecule has 0 radical (unpaired) electrons. The minimum atomic E-state index is -0.172. The van der Waals surface area contributed by atoms with E-state index >= 15 is 0 Å². The van der Waals surface area contributed by atoms with Crippen LogP contribution < -0.4 is 4.74 Å². The Hall–Kier alpha value is -2.99. The lowest BCUT2D eigenvalue weighted by molar-refractivity contribution is 0.0710. The molecule has 29 heavy (non-hydrogen) atoms. The summed E-state index contributed by atoms with van der Waals surface area (Å²) < 4.78 is 6.24. The standard InChI is InChI=1S/C23H20BrN3O2/c1-15-3-4-18(14-25-15)23(28)27-22(17-5-9-19(24)10-6-17)13-21(26-27)16-7-11-20(29-2)12-8-16/h3-12,14,22H,13H2,1-2H3. The maximum atomic E-state index is 13.2. The molecule has 1 atom stereocenters. The van der Waals surface area contributed by atoms with Crippen molar-refractivity contribution in [1.29, 1.82) is 0 Å². The molecule has 1 aliphatic heterocycles. The number of halogens is 1. The summed E-state index contributed by atoms with van der Waals surface area (Å²) in [6.07, 6.45) is 2.25. The Morgan fingerprint density at radius 1 is 1.07 bits per heavy atom. The van der Waals surface area contributed by atoms with E-state index < -0.39 is 0 Å². The number of hydrogen-bond acceptors (Lipinski definition) is 4. The normalized spacial score (nSPS) is 15.9. The van der Waals surface area contributed by atoms with Gasteiger partial charge in [0.25, 0.3) is 5.91 Å². The van der Waals surface area contributed by atoms with Gasteiger partial charge in [-0.25, -0.2) is 5.01 Å². The first-order chi connectivity index (χ1) is 14.0. The molecule has 0 fully saturated rings. The lowest BCUT2D eigenvalue weighted by Crippen LogP contribution is -2.27. The lowest BCUT2D eigenvalue weighted by atomic mass is 9.98. The lowest BCUT2D eigenvalue weighted by Gasteiger charge is -2.22. The molecule has 3 aromatic rings. The highest BCUT2D eigenvalue weighted by Gasteiger charge is 2.33. The Bertz CT molecular complexity index is 1040. The quantitative estimate of drug-likeness (QED) is 0.552. The van der Waals surface area contributed by atoms with Gasteiger partial charge in [0.15, 0.2) is 0 Å². The van der Waals surface area contributed by atoms with Crippen molar-refractivity contribution in [3.05, 3.63) is 93.7 Å². The number of carbonyl (C=O) groups is 1. The number of aryl methyl sites for hydroxylation is 1. The first-order valence-corrected chi connectivity index (χ1v) is 10.1.